The zero-order chi connectivity index (χ0) is 20.4. The van der Waals surface area contributed by atoms with Crippen molar-refractivity contribution in [1.82, 2.24) is 19.7 Å². The van der Waals surface area contributed by atoms with Crippen LogP contribution in [-0.4, -0.2) is 45.1 Å². The van der Waals surface area contributed by atoms with Crippen LogP contribution in [0, 0.1) is 5.92 Å². The average molecular weight is 391 g/mol. The standard InChI is InChI=1S/C22H25N5O2/c1-3-7-15(14-28)13-26(2)19-11-10-18-21(24-19)20-17(12-23-18)22(29)27(25-20)16-8-5-4-6-9-16/h4-6,8-12,15,23,28H,3,7,13-14H2,1-2H3. The first kappa shape index (κ1) is 19.1. The molecule has 0 bridgehead atoms. The Bertz CT molecular complexity index is 1140. The highest BCUT2D eigenvalue weighted by Gasteiger charge is 2.21. The van der Waals surface area contributed by atoms with Crippen LogP contribution < -0.4 is 10.5 Å². The Labute approximate surface area is 169 Å². The van der Waals surface area contributed by atoms with Gasteiger partial charge in [0.2, 0.25) is 0 Å². The molecule has 0 saturated heterocycles. The van der Waals surface area contributed by atoms with Crippen LogP contribution >= 0.6 is 0 Å². The summed E-state index contributed by atoms with van der Waals surface area (Å²) in [6, 6.07) is 13.3. The van der Waals surface area contributed by atoms with Gasteiger partial charge in [0.05, 0.1) is 16.8 Å². The third-order valence-electron chi connectivity index (χ3n) is 5.23. The molecule has 150 valence electrons. The Hall–Kier alpha value is -3.19. The van der Waals surface area contributed by atoms with Crippen molar-refractivity contribution in [3.63, 3.8) is 0 Å². The molecule has 1 aromatic heterocycles. The topological polar surface area (TPSA) is 87.0 Å². The van der Waals surface area contributed by atoms with Crippen molar-refractivity contribution in [2.24, 2.45) is 5.92 Å². The number of aromatic nitrogens is 4. The summed E-state index contributed by atoms with van der Waals surface area (Å²) in [7, 11) is 1.97. The predicted molar refractivity (Wildman–Crippen MR) is 115 cm³/mol. The minimum absolute atomic E-state index is 0.158. The lowest BCUT2D eigenvalue weighted by Crippen LogP contribution is -2.28. The van der Waals surface area contributed by atoms with E-state index in [0.717, 1.165) is 29.9 Å². The number of para-hydroxylation sites is 1. The van der Waals surface area contributed by atoms with E-state index in [9.17, 15) is 9.90 Å². The Morgan fingerprint density at radius 1 is 1.21 bits per heavy atom. The van der Waals surface area contributed by atoms with Crippen LogP contribution in [0.3, 0.4) is 0 Å². The summed E-state index contributed by atoms with van der Waals surface area (Å²) >= 11 is 0. The number of nitrogens with one attached hydrogen (secondary N) is 1. The van der Waals surface area contributed by atoms with Crippen LogP contribution in [0.5, 0.6) is 0 Å². The lowest BCUT2D eigenvalue weighted by Gasteiger charge is -2.23. The number of hydrogen-bond donors (Lipinski definition) is 2. The second-order valence-electron chi connectivity index (χ2n) is 7.39. The van der Waals surface area contributed by atoms with Crippen molar-refractivity contribution >= 4 is 16.9 Å². The first-order valence-electron chi connectivity index (χ1n) is 9.91. The number of pyridine rings is 2. The molecule has 4 rings (SSSR count). The fourth-order valence-corrected chi connectivity index (χ4v) is 3.70. The van der Waals surface area contributed by atoms with Crippen molar-refractivity contribution in [2.45, 2.75) is 19.8 Å². The largest absolute Gasteiger partial charge is 0.396 e. The number of benzene rings is 1. The summed E-state index contributed by atoms with van der Waals surface area (Å²) in [5, 5.41) is 14.2. The summed E-state index contributed by atoms with van der Waals surface area (Å²) in [6.07, 6.45) is 3.69. The first-order valence-corrected chi connectivity index (χ1v) is 9.91. The maximum Gasteiger partial charge on any atom is 0.282 e. The zero-order valence-corrected chi connectivity index (χ0v) is 16.7. The molecule has 3 heterocycles. The smallest absolute Gasteiger partial charge is 0.282 e. The highest BCUT2D eigenvalue weighted by atomic mass is 16.3. The molecule has 1 aromatic carbocycles. The molecule has 0 radical (unpaired) electrons. The predicted octanol–water partition coefficient (Wildman–Crippen LogP) is 3.06. The fourth-order valence-electron chi connectivity index (χ4n) is 3.70. The van der Waals surface area contributed by atoms with E-state index in [4.69, 9.17) is 4.98 Å². The van der Waals surface area contributed by atoms with Gasteiger partial charge < -0.3 is 15.0 Å². The molecule has 2 aliphatic heterocycles. The van der Waals surface area contributed by atoms with Crippen LogP contribution in [0.4, 0.5) is 5.82 Å². The van der Waals surface area contributed by atoms with Crippen molar-refractivity contribution in [1.29, 1.82) is 0 Å². The van der Waals surface area contributed by atoms with Gasteiger partial charge in [-0.15, -0.1) is 0 Å². The van der Waals surface area contributed by atoms with Gasteiger partial charge in [-0.3, -0.25) is 4.79 Å². The number of aliphatic hydroxyl groups excluding tert-OH is 1. The molecular formula is C22H25N5O2. The van der Waals surface area contributed by atoms with Crippen molar-refractivity contribution < 1.29 is 5.11 Å². The number of nitrogens with zero attached hydrogens (tertiary/aromatic N) is 4. The van der Waals surface area contributed by atoms with Crippen LogP contribution in [0.2, 0.25) is 0 Å². The lowest BCUT2D eigenvalue weighted by molar-refractivity contribution is 0.221. The Morgan fingerprint density at radius 2 is 2.00 bits per heavy atom. The summed E-state index contributed by atoms with van der Waals surface area (Å²) in [5.41, 5.74) is 3.12. The summed E-state index contributed by atoms with van der Waals surface area (Å²) < 4.78 is 1.42. The third-order valence-corrected chi connectivity index (χ3v) is 5.23. The molecule has 0 saturated carbocycles. The van der Waals surface area contributed by atoms with E-state index < -0.39 is 0 Å². The van der Waals surface area contributed by atoms with Crippen molar-refractivity contribution in [2.75, 3.05) is 25.1 Å². The van der Waals surface area contributed by atoms with Gasteiger partial charge in [-0.25, -0.2) is 4.98 Å². The maximum atomic E-state index is 12.9. The average Bonchev–Trinajstić information content (AvgIpc) is 3.10. The molecule has 0 spiro atoms. The molecule has 29 heavy (non-hydrogen) atoms. The molecule has 0 fully saturated rings. The minimum Gasteiger partial charge on any atom is -0.396 e. The molecule has 7 heteroatoms. The molecule has 2 aromatic rings. The summed E-state index contributed by atoms with van der Waals surface area (Å²) in [5.74, 6) is 0.991. The van der Waals surface area contributed by atoms with Gasteiger partial charge in [0.15, 0.2) is 0 Å². The molecule has 0 amide bonds. The Kier molecular flexibility index (Phi) is 5.31. The number of anilines is 1. The van der Waals surface area contributed by atoms with Crippen LogP contribution in [-0.2, 0) is 0 Å². The quantitative estimate of drug-likeness (QED) is 0.506. The maximum absolute atomic E-state index is 12.9. The molecular weight excluding hydrogens is 366 g/mol. The second kappa shape index (κ2) is 8.05. The van der Waals surface area contributed by atoms with Gasteiger partial charge in [-0.2, -0.15) is 9.78 Å². The number of fused-ring (bicyclic) bond motifs is 3. The monoisotopic (exact) mass is 391 g/mol. The van der Waals surface area contributed by atoms with Crippen LogP contribution in [0.1, 0.15) is 19.8 Å². The first-order chi connectivity index (χ1) is 14.1. The van der Waals surface area contributed by atoms with E-state index in [1.165, 1.54) is 4.68 Å². The van der Waals surface area contributed by atoms with Crippen molar-refractivity contribution in [3.8, 4) is 16.9 Å². The van der Waals surface area contributed by atoms with Gasteiger partial charge in [0, 0.05) is 26.4 Å². The lowest BCUT2D eigenvalue weighted by atomic mass is 10.0. The highest BCUT2D eigenvalue weighted by molar-refractivity contribution is 5.91. The van der Waals surface area contributed by atoms with E-state index in [1.807, 2.05) is 54.4 Å². The molecule has 2 N–H and O–H groups in total. The molecule has 7 nitrogen and oxygen atoms in total. The van der Waals surface area contributed by atoms with E-state index in [1.54, 1.807) is 6.20 Å². The number of rotatable bonds is 7. The van der Waals surface area contributed by atoms with Crippen LogP contribution in [0.15, 0.2) is 53.5 Å². The van der Waals surface area contributed by atoms with E-state index in [2.05, 4.69) is 17.0 Å². The van der Waals surface area contributed by atoms with Gasteiger partial charge in [0.1, 0.15) is 17.0 Å². The van der Waals surface area contributed by atoms with Gasteiger partial charge >= 0.3 is 0 Å². The van der Waals surface area contributed by atoms with Crippen molar-refractivity contribution in [3.05, 3.63) is 59.0 Å². The molecule has 2 aliphatic rings. The number of aliphatic hydroxyl groups is 1. The summed E-state index contributed by atoms with van der Waals surface area (Å²) in [4.78, 5) is 22.9. The van der Waals surface area contributed by atoms with E-state index >= 15 is 0 Å². The highest BCUT2D eigenvalue weighted by Crippen LogP contribution is 2.27. The number of hydrogen-bond acceptors (Lipinski definition) is 5. The SMILES string of the molecule is CCCC(CO)CN(C)c1ccc2[nH]cc3c(=O)n(-c4ccccc4)nc-3c2n1. The number of aromatic amines is 1. The normalized spacial score (nSPS) is 12.5. The molecule has 1 atom stereocenters. The molecule has 1 unspecified atom stereocenters. The fraction of sp³-hybridized carbons (Fsp3) is 0.318. The second-order valence-corrected chi connectivity index (χ2v) is 7.39. The van der Waals surface area contributed by atoms with Gasteiger partial charge in [-0.05, 0) is 36.6 Å². The van der Waals surface area contributed by atoms with E-state index in [-0.39, 0.29) is 18.1 Å². The molecule has 0 aliphatic carbocycles. The zero-order valence-electron chi connectivity index (χ0n) is 16.7. The third kappa shape index (κ3) is 3.61. The Morgan fingerprint density at radius 3 is 2.72 bits per heavy atom. The summed E-state index contributed by atoms with van der Waals surface area (Å²) in [6.45, 7) is 2.99. The Balaban J connectivity index is 1.77. The minimum atomic E-state index is -0.173. The van der Waals surface area contributed by atoms with Gasteiger partial charge in [-0.1, -0.05) is 31.5 Å². The van der Waals surface area contributed by atoms with Gasteiger partial charge in [0.25, 0.3) is 5.56 Å². The van der Waals surface area contributed by atoms with E-state index in [0.29, 0.717) is 23.3 Å². The van der Waals surface area contributed by atoms with Crippen LogP contribution in [0.25, 0.3) is 28.0 Å². The number of H-pyrrole nitrogens is 1.